The maximum atomic E-state index is 6.45. The van der Waals surface area contributed by atoms with Crippen LogP contribution in [-0.2, 0) is 5.41 Å². The minimum Gasteiger partial charge on any atom is -0.208 e. The fraction of sp³-hybridized carbons (Fsp3) is 0.0294. The van der Waals surface area contributed by atoms with Gasteiger partial charge in [0.2, 0.25) is 5.28 Å². The van der Waals surface area contributed by atoms with Crippen LogP contribution in [0.2, 0.25) is 5.28 Å². The van der Waals surface area contributed by atoms with Gasteiger partial charge in [-0.15, -0.1) is 0 Å². The van der Waals surface area contributed by atoms with Gasteiger partial charge in [0.25, 0.3) is 0 Å². The zero-order valence-electron chi connectivity index (χ0n) is 20.7. The standard InChI is InChI=1S/C34H20ClN3S/c35-33-37-31(21-10-2-1-3-11-21)36-32(38-33)22-18-19-24-23-12-4-5-13-25(23)34(28(24)20-22)26-14-6-8-16-29(26)39-30-17-9-7-15-27(30)34/h1-20H. The summed E-state index contributed by atoms with van der Waals surface area (Å²) in [4.78, 5) is 16.4. The summed E-state index contributed by atoms with van der Waals surface area (Å²) in [5.74, 6) is 1.13. The van der Waals surface area contributed by atoms with Gasteiger partial charge in [0.15, 0.2) is 11.6 Å². The van der Waals surface area contributed by atoms with Crippen molar-refractivity contribution < 1.29 is 0 Å². The zero-order valence-corrected chi connectivity index (χ0v) is 22.2. The number of benzene rings is 5. The van der Waals surface area contributed by atoms with E-state index >= 15 is 0 Å². The van der Waals surface area contributed by atoms with Gasteiger partial charge < -0.3 is 0 Å². The highest BCUT2D eigenvalue weighted by Gasteiger charge is 2.50. The maximum absolute atomic E-state index is 6.45. The molecule has 0 bridgehead atoms. The molecule has 1 aromatic heterocycles. The molecule has 8 rings (SSSR count). The number of hydrogen-bond acceptors (Lipinski definition) is 4. The zero-order chi connectivity index (χ0) is 26.0. The van der Waals surface area contributed by atoms with Crippen molar-refractivity contribution in [1.29, 1.82) is 0 Å². The molecule has 184 valence electrons. The lowest BCUT2D eigenvalue weighted by Gasteiger charge is -2.39. The van der Waals surface area contributed by atoms with Crippen LogP contribution in [-0.4, -0.2) is 15.0 Å². The molecule has 1 spiro atoms. The Morgan fingerprint density at radius 1 is 0.487 bits per heavy atom. The lowest BCUT2D eigenvalue weighted by Crippen LogP contribution is -2.31. The average molecular weight is 538 g/mol. The van der Waals surface area contributed by atoms with Gasteiger partial charge in [0, 0.05) is 20.9 Å². The molecule has 0 unspecified atom stereocenters. The van der Waals surface area contributed by atoms with Crippen molar-refractivity contribution in [3.63, 3.8) is 0 Å². The molecular formula is C34H20ClN3S. The van der Waals surface area contributed by atoms with Gasteiger partial charge >= 0.3 is 0 Å². The van der Waals surface area contributed by atoms with Crippen LogP contribution in [0.4, 0.5) is 0 Å². The summed E-state index contributed by atoms with van der Waals surface area (Å²) in [5, 5.41) is 0.183. The molecule has 1 aliphatic carbocycles. The van der Waals surface area contributed by atoms with Crippen LogP contribution < -0.4 is 0 Å². The molecule has 2 heterocycles. The molecule has 6 aromatic rings. The molecule has 0 fully saturated rings. The minimum atomic E-state index is -0.445. The Morgan fingerprint density at radius 2 is 1.05 bits per heavy atom. The summed E-state index contributed by atoms with van der Waals surface area (Å²) >= 11 is 8.30. The van der Waals surface area contributed by atoms with E-state index < -0.39 is 5.41 Å². The number of rotatable bonds is 2. The third-order valence-electron chi connectivity index (χ3n) is 7.75. The molecule has 2 aliphatic rings. The predicted molar refractivity (Wildman–Crippen MR) is 157 cm³/mol. The first-order valence-electron chi connectivity index (χ1n) is 12.8. The van der Waals surface area contributed by atoms with Crippen molar-refractivity contribution >= 4 is 23.4 Å². The van der Waals surface area contributed by atoms with E-state index in [1.165, 1.54) is 43.2 Å². The van der Waals surface area contributed by atoms with Crippen molar-refractivity contribution in [2.75, 3.05) is 0 Å². The number of halogens is 1. The SMILES string of the molecule is Clc1nc(-c2ccccc2)nc(-c2ccc3c(c2)C2(c4ccccc4Sc4ccccc42)c2ccccc2-3)n1. The third kappa shape index (κ3) is 3.29. The summed E-state index contributed by atoms with van der Waals surface area (Å²) in [6.45, 7) is 0. The minimum absolute atomic E-state index is 0.183. The van der Waals surface area contributed by atoms with Gasteiger partial charge in [-0.3, -0.25) is 0 Å². The summed E-state index contributed by atoms with van der Waals surface area (Å²) in [6, 6.07) is 42.9. The second kappa shape index (κ2) is 8.63. The highest BCUT2D eigenvalue weighted by molar-refractivity contribution is 7.99. The van der Waals surface area contributed by atoms with E-state index in [-0.39, 0.29) is 5.28 Å². The van der Waals surface area contributed by atoms with Gasteiger partial charge in [-0.05, 0) is 63.2 Å². The summed E-state index contributed by atoms with van der Waals surface area (Å²) < 4.78 is 0. The topological polar surface area (TPSA) is 38.7 Å². The van der Waals surface area contributed by atoms with E-state index in [0.717, 1.165) is 11.1 Å². The van der Waals surface area contributed by atoms with Crippen LogP contribution in [0.25, 0.3) is 33.9 Å². The molecule has 0 saturated heterocycles. The Balaban J connectivity index is 1.43. The summed E-state index contributed by atoms with van der Waals surface area (Å²) in [7, 11) is 0. The third-order valence-corrected chi connectivity index (χ3v) is 9.07. The second-order valence-corrected chi connectivity index (χ2v) is 11.2. The fourth-order valence-corrected chi connectivity index (χ4v) is 7.54. The molecular weight excluding hydrogens is 518 g/mol. The highest BCUT2D eigenvalue weighted by Crippen LogP contribution is 2.62. The van der Waals surface area contributed by atoms with Gasteiger partial charge in [-0.25, -0.2) is 4.98 Å². The number of fused-ring (bicyclic) bond motifs is 9. The first-order valence-corrected chi connectivity index (χ1v) is 14.0. The van der Waals surface area contributed by atoms with Crippen LogP contribution in [0, 0.1) is 0 Å². The van der Waals surface area contributed by atoms with E-state index in [2.05, 4.69) is 101 Å². The Bertz CT molecular complexity index is 1870. The van der Waals surface area contributed by atoms with Crippen LogP contribution in [0.3, 0.4) is 0 Å². The van der Waals surface area contributed by atoms with Gasteiger partial charge in [0.05, 0.1) is 5.41 Å². The van der Waals surface area contributed by atoms with Crippen LogP contribution in [0.1, 0.15) is 22.3 Å². The quantitative estimate of drug-likeness (QED) is 0.221. The lowest BCUT2D eigenvalue weighted by molar-refractivity contribution is 0.722. The number of nitrogens with zero attached hydrogens (tertiary/aromatic N) is 3. The molecule has 0 radical (unpaired) electrons. The van der Waals surface area contributed by atoms with Crippen LogP contribution in [0.5, 0.6) is 0 Å². The van der Waals surface area contributed by atoms with E-state index in [1.807, 2.05) is 42.1 Å². The van der Waals surface area contributed by atoms with Crippen molar-refractivity contribution in [2.24, 2.45) is 0 Å². The lowest BCUT2D eigenvalue weighted by atomic mass is 9.67. The second-order valence-electron chi connectivity index (χ2n) is 9.77. The Kier molecular flexibility index (Phi) is 5.03. The summed E-state index contributed by atoms with van der Waals surface area (Å²) in [6.07, 6.45) is 0. The number of hydrogen-bond donors (Lipinski definition) is 0. The fourth-order valence-electron chi connectivity index (χ4n) is 6.19. The molecule has 0 atom stereocenters. The van der Waals surface area contributed by atoms with Crippen LogP contribution >= 0.6 is 23.4 Å². The molecule has 0 saturated carbocycles. The van der Waals surface area contributed by atoms with Crippen molar-refractivity contribution in [3.05, 3.63) is 149 Å². The largest absolute Gasteiger partial charge is 0.226 e. The Labute approximate surface area is 235 Å². The molecule has 0 amide bonds. The maximum Gasteiger partial charge on any atom is 0.226 e. The van der Waals surface area contributed by atoms with E-state index in [4.69, 9.17) is 16.6 Å². The van der Waals surface area contributed by atoms with E-state index in [1.54, 1.807) is 0 Å². The van der Waals surface area contributed by atoms with Gasteiger partial charge in [-0.1, -0.05) is 115 Å². The smallest absolute Gasteiger partial charge is 0.208 e. The summed E-state index contributed by atoms with van der Waals surface area (Å²) in [5.41, 5.74) is 9.00. The van der Waals surface area contributed by atoms with Gasteiger partial charge in [0.1, 0.15) is 0 Å². The normalized spacial score (nSPS) is 13.9. The molecule has 3 nitrogen and oxygen atoms in total. The number of aromatic nitrogens is 3. The predicted octanol–water partition coefficient (Wildman–Crippen LogP) is 8.69. The van der Waals surface area contributed by atoms with Crippen molar-refractivity contribution in [2.45, 2.75) is 15.2 Å². The first kappa shape index (κ1) is 22.7. The van der Waals surface area contributed by atoms with Crippen molar-refractivity contribution in [1.82, 2.24) is 15.0 Å². The van der Waals surface area contributed by atoms with Crippen molar-refractivity contribution in [3.8, 4) is 33.9 Å². The molecule has 5 aromatic carbocycles. The Hall–Kier alpha value is -4.25. The van der Waals surface area contributed by atoms with Gasteiger partial charge in [-0.2, -0.15) is 9.97 Å². The molecule has 5 heteroatoms. The highest BCUT2D eigenvalue weighted by atomic mass is 35.5. The average Bonchev–Trinajstić information content (AvgIpc) is 3.28. The molecule has 39 heavy (non-hydrogen) atoms. The monoisotopic (exact) mass is 537 g/mol. The Morgan fingerprint density at radius 3 is 1.77 bits per heavy atom. The van der Waals surface area contributed by atoms with Crippen LogP contribution in [0.15, 0.2) is 131 Å². The molecule has 1 aliphatic heterocycles. The van der Waals surface area contributed by atoms with E-state index in [9.17, 15) is 0 Å². The van der Waals surface area contributed by atoms with E-state index in [0.29, 0.717) is 11.6 Å². The first-order chi connectivity index (χ1) is 19.2. The molecule has 0 N–H and O–H groups in total.